The van der Waals surface area contributed by atoms with E-state index in [-0.39, 0.29) is 0 Å². The van der Waals surface area contributed by atoms with E-state index in [1.54, 1.807) is 13.3 Å². The van der Waals surface area contributed by atoms with Crippen LogP contribution >= 0.6 is 0 Å². The summed E-state index contributed by atoms with van der Waals surface area (Å²) in [6.07, 6.45) is 3.17. The molecule has 1 aromatic carbocycles. The van der Waals surface area contributed by atoms with E-state index in [1.807, 2.05) is 44.2 Å². The Morgan fingerprint density at radius 1 is 0.920 bits per heavy atom. The van der Waals surface area contributed by atoms with Crippen LogP contribution in [0.4, 0.5) is 28.8 Å². The van der Waals surface area contributed by atoms with Crippen LogP contribution in [-0.4, -0.2) is 22.1 Å². The zero-order chi connectivity index (χ0) is 17.8. The molecule has 7 nitrogen and oxygen atoms in total. The first kappa shape index (κ1) is 16.5. The number of rotatable bonds is 5. The van der Waals surface area contributed by atoms with Crippen LogP contribution in [0.2, 0.25) is 0 Å². The van der Waals surface area contributed by atoms with Crippen molar-refractivity contribution in [1.82, 2.24) is 15.0 Å². The topological polar surface area (TPSA) is 98.0 Å². The average Bonchev–Trinajstić information content (AvgIpc) is 2.59. The van der Waals surface area contributed by atoms with Gasteiger partial charge in [-0.05, 0) is 49.2 Å². The summed E-state index contributed by atoms with van der Waals surface area (Å²) in [5, 5.41) is 6.33. The van der Waals surface area contributed by atoms with Crippen LogP contribution in [0, 0.1) is 13.8 Å². The lowest BCUT2D eigenvalue weighted by Crippen LogP contribution is -2.06. The van der Waals surface area contributed by atoms with Gasteiger partial charge in [-0.15, -0.1) is 0 Å². The van der Waals surface area contributed by atoms with Gasteiger partial charge >= 0.3 is 0 Å². The number of anilines is 5. The van der Waals surface area contributed by atoms with E-state index in [1.165, 1.54) is 6.33 Å². The maximum absolute atomic E-state index is 6.23. The Hall–Kier alpha value is -3.35. The van der Waals surface area contributed by atoms with Crippen molar-refractivity contribution in [2.75, 3.05) is 23.5 Å². The Labute approximate surface area is 146 Å². The second-order valence-corrected chi connectivity index (χ2v) is 5.66. The summed E-state index contributed by atoms with van der Waals surface area (Å²) in [7, 11) is 1.62. The summed E-state index contributed by atoms with van der Waals surface area (Å²) >= 11 is 0. The number of hydrogen-bond acceptors (Lipinski definition) is 7. The van der Waals surface area contributed by atoms with Crippen LogP contribution < -0.4 is 21.1 Å². The molecule has 0 aliphatic carbocycles. The maximum Gasteiger partial charge on any atom is 0.160 e. The minimum absolute atomic E-state index is 0.398. The first-order valence-corrected chi connectivity index (χ1v) is 7.78. The number of nitrogens with zero attached hydrogens (tertiary/aromatic N) is 3. The molecule has 2 aromatic heterocycles. The van der Waals surface area contributed by atoms with Gasteiger partial charge in [0.25, 0.3) is 0 Å². The van der Waals surface area contributed by atoms with Crippen LogP contribution in [0.15, 0.2) is 42.9 Å². The quantitative estimate of drug-likeness (QED) is 0.655. The Balaban J connectivity index is 1.90. The van der Waals surface area contributed by atoms with E-state index in [2.05, 4.69) is 25.6 Å². The normalized spacial score (nSPS) is 10.4. The van der Waals surface area contributed by atoms with Crippen molar-refractivity contribution >= 4 is 28.8 Å². The highest BCUT2D eigenvalue weighted by Crippen LogP contribution is 2.32. The van der Waals surface area contributed by atoms with Crippen molar-refractivity contribution in [1.29, 1.82) is 0 Å². The fourth-order valence-electron chi connectivity index (χ4n) is 2.37. The fourth-order valence-corrected chi connectivity index (χ4v) is 2.37. The first-order valence-electron chi connectivity index (χ1n) is 7.78. The van der Waals surface area contributed by atoms with Crippen molar-refractivity contribution in [3.05, 3.63) is 54.0 Å². The summed E-state index contributed by atoms with van der Waals surface area (Å²) in [4.78, 5) is 12.7. The molecule has 0 spiro atoms. The van der Waals surface area contributed by atoms with Crippen LogP contribution in [0.1, 0.15) is 11.1 Å². The van der Waals surface area contributed by atoms with Gasteiger partial charge < -0.3 is 21.1 Å². The molecule has 0 atom stereocenters. The van der Waals surface area contributed by atoms with E-state index in [0.717, 1.165) is 16.8 Å². The molecule has 0 aliphatic heterocycles. The summed E-state index contributed by atoms with van der Waals surface area (Å²) in [6.45, 7) is 4.00. The SMILES string of the molecule is COc1ccc(C)cc1Nc1ncnc(Nc2cc(C)ccn2)c1N. The van der Waals surface area contributed by atoms with Gasteiger partial charge in [-0.2, -0.15) is 0 Å². The zero-order valence-electron chi connectivity index (χ0n) is 14.4. The van der Waals surface area contributed by atoms with Crippen molar-refractivity contribution in [2.45, 2.75) is 13.8 Å². The van der Waals surface area contributed by atoms with Crippen LogP contribution in [-0.2, 0) is 0 Å². The van der Waals surface area contributed by atoms with E-state index < -0.39 is 0 Å². The van der Waals surface area contributed by atoms with Crippen LogP contribution in [0.3, 0.4) is 0 Å². The summed E-state index contributed by atoms with van der Waals surface area (Å²) in [6, 6.07) is 9.67. The molecule has 0 aliphatic rings. The number of nitrogen functional groups attached to an aromatic ring is 1. The van der Waals surface area contributed by atoms with Crippen molar-refractivity contribution in [3.8, 4) is 5.75 Å². The third-order valence-corrected chi connectivity index (χ3v) is 3.65. The molecule has 7 heteroatoms. The van der Waals surface area contributed by atoms with Gasteiger partial charge in [0.2, 0.25) is 0 Å². The predicted octanol–water partition coefficient (Wildman–Crippen LogP) is 3.57. The molecule has 128 valence electrons. The summed E-state index contributed by atoms with van der Waals surface area (Å²) < 4.78 is 5.38. The number of aromatic nitrogens is 3. The number of pyridine rings is 1. The summed E-state index contributed by atoms with van der Waals surface area (Å²) in [5.41, 5.74) is 9.60. The minimum Gasteiger partial charge on any atom is -0.495 e. The number of benzene rings is 1. The third kappa shape index (κ3) is 3.77. The lowest BCUT2D eigenvalue weighted by atomic mass is 10.2. The Morgan fingerprint density at radius 3 is 2.36 bits per heavy atom. The molecule has 4 N–H and O–H groups in total. The molecule has 0 amide bonds. The molecular weight excluding hydrogens is 316 g/mol. The van der Waals surface area contributed by atoms with E-state index in [9.17, 15) is 0 Å². The van der Waals surface area contributed by atoms with Crippen molar-refractivity contribution in [2.24, 2.45) is 0 Å². The lowest BCUT2D eigenvalue weighted by molar-refractivity contribution is 0.416. The number of methoxy groups -OCH3 is 1. The van der Waals surface area contributed by atoms with Crippen LogP contribution in [0.5, 0.6) is 5.75 Å². The zero-order valence-corrected chi connectivity index (χ0v) is 14.4. The highest BCUT2D eigenvalue weighted by Gasteiger charge is 2.11. The van der Waals surface area contributed by atoms with Crippen molar-refractivity contribution in [3.63, 3.8) is 0 Å². The Kier molecular flexibility index (Phi) is 4.65. The highest BCUT2D eigenvalue weighted by molar-refractivity contribution is 5.81. The standard InChI is InChI=1S/C18H20N6O/c1-11-4-5-14(25-3)13(8-11)23-17-16(19)18(22-10-21-17)24-15-9-12(2)6-7-20-15/h4-10H,19H2,1-3H3,(H2,20,21,22,23,24). The van der Waals surface area contributed by atoms with Crippen molar-refractivity contribution < 1.29 is 4.74 Å². The van der Waals surface area contributed by atoms with E-state index in [0.29, 0.717) is 28.9 Å². The number of nitrogens with one attached hydrogen (secondary N) is 2. The molecule has 3 aromatic rings. The lowest BCUT2D eigenvalue weighted by Gasteiger charge is -2.14. The second kappa shape index (κ2) is 7.04. The second-order valence-electron chi connectivity index (χ2n) is 5.66. The molecule has 0 saturated heterocycles. The number of hydrogen-bond donors (Lipinski definition) is 3. The van der Waals surface area contributed by atoms with Gasteiger partial charge in [-0.3, -0.25) is 0 Å². The van der Waals surface area contributed by atoms with Gasteiger partial charge in [-0.1, -0.05) is 6.07 Å². The maximum atomic E-state index is 6.23. The number of nitrogens with two attached hydrogens (primary N) is 1. The smallest absolute Gasteiger partial charge is 0.160 e. The van der Waals surface area contributed by atoms with Gasteiger partial charge in [0.05, 0.1) is 12.8 Å². The third-order valence-electron chi connectivity index (χ3n) is 3.65. The molecule has 25 heavy (non-hydrogen) atoms. The predicted molar refractivity (Wildman–Crippen MR) is 99.7 cm³/mol. The molecule has 0 radical (unpaired) electrons. The molecule has 3 rings (SSSR count). The summed E-state index contributed by atoms with van der Waals surface area (Å²) in [5.74, 6) is 2.36. The number of ether oxygens (including phenoxy) is 1. The molecule has 0 bridgehead atoms. The molecule has 0 fully saturated rings. The number of aryl methyl sites for hydroxylation is 2. The van der Waals surface area contributed by atoms with E-state index in [4.69, 9.17) is 10.5 Å². The largest absolute Gasteiger partial charge is 0.495 e. The van der Waals surface area contributed by atoms with Gasteiger partial charge in [-0.25, -0.2) is 15.0 Å². The van der Waals surface area contributed by atoms with Gasteiger partial charge in [0, 0.05) is 6.20 Å². The molecular formula is C18H20N6O. The molecule has 0 unspecified atom stereocenters. The minimum atomic E-state index is 0.398. The van der Waals surface area contributed by atoms with E-state index >= 15 is 0 Å². The first-order chi connectivity index (χ1) is 12.1. The molecule has 2 heterocycles. The van der Waals surface area contributed by atoms with Gasteiger partial charge in [0.1, 0.15) is 23.6 Å². The van der Waals surface area contributed by atoms with Gasteiger partial charge in [0.15, 0.2) is 11.6 Å². The molecule has 0 saturated carbocycles. The monoisotopic (exact) mass is 336 g/mol. The Bertz CT molecular complexity index is 896. The highest BCUT2D eigenvalue weighted by atomic mass is 16.5. The average molecular weight is 336 g/mol. The Morgan fingerprint density at radius 2 is 1.64 bits per heavy atom. The fraction of sp³-hybridized carbons (Fsp3) is 0.167. The van der Waals surface area contributed by atoms with Crippen LogP contribution in [0.25, 0.3) is 0 Å².